The van der Waals surface area contributed by atoms with E-state index in [4.69, 9.17) is 16.2 Å². The molecule has 0 radical (unpaired) electrons. The van der Waals surface area contributed by atoms with Crippen molar-refractivity contribution in [3.05, 3.63) is 18.2 Å². The van der Waals surface area contributed by atoms with Gasteiger partial charge in [-0.2, -0.15) is 0 Å². The highest BCUT2D eigenvalue weighted by Crippen LogP contribution is 2.27. The second-order valence-electron chi connectivity index (χ2n) is 4.40. The number of amides is 1. The van der Waals surface area contributed by atoms with Crippen LogP contribution in [0, 0.1) is 0 Å². The molecule has 19 heavy (non-hydrogen) atoms. The van der Waals surface area contributed by atoms with Crippen molar-refractivity contribution in [1.82, 2.24) is 0 Å². The molecule has 0 saturated carbocycles. The number of carbonyl (C=O) groups excluding carboxylic acids is 1. The molecule has 0 fully saturated rings. The average molecular weight is 265 g/mol. The minimum atomic E-state index is -0.342. The van der Waals surface area contributed by atoms with Gasteiger partial charge in [0.2, 0.25) is 5.91 Å². The summed E-state index contributed by atoms with van der Waals surface area (Å²) in [6, 6.07) is 5.54. The lowest BCUT2D eigenvalue weighted by molar-refractivity contribution is -0.116. The molecular weight excluding hydrogens is 242 g/mol. The van der Waals surface area contributed by atoms with E-state index in [0.717, 1.165) is 25.1 Å². The fourth-order valence-electron chi connectivity index (χ4n) is 1.84. The van der Waals surface area contributed by atoms with E-state index in [0.29, 0.717) is 18.0 Å². The van der Waals surface area contributed by atoms with Crippen LogP contribution in [0.3, 0.4) is 0 Å². The van der Waals surface area contributed by atoms with E-state index >= 15 is 0 Å². The van der Waals surface area contributed by atoms with Crippen molar-refractivity contribution in [2.24, 2.45) is 5.73 Å². The molecular formula is C14H23N3O2. The summed E-state index contributed by atoms with van der Waals surface area (Å²) in [5.74, 6) is 0.303. The van der Waals surface area contributed by atoms with Crippen molar-refractivity contribution < 1.29 is 9.53 Å². The van der Waals surface area contributed by atoms with Gasteiger partial charge in [-0.1, -0.05) is 13.3 Å². The van der Waals surface area contributed by atoms with Gasteiger partial charge in [0.15, 0.2) is 0 Å². The minimum absolute atomic E-state index is 0.204. The van der Waals surface area contributed by atoms with Gasteiger partial charge in [-0.3, -0.25) is 4.79 Å². The third-order valence-corrected chi connectivity index (χ3v) is 2.79. The summed E-state index contributed by atoms with van der Waals surface area (Å²) in [6.07, 6.45) is 2.06. The Morgan fingerprint density at radius 3 is 2.68 bits per heavy atom. The molecule has 5 heteroatoms. The largest absolute Gasteiger partial charge is 0.492 e. The summed E-state index contributed by atoms with van der Waals surface area (Å²) in [7, 11) is 0. The molecule has 1 rings (SSSR count). The first kappa shape index (κ1) is 15.1. The Morgan fingerprint density at radius 2 is 2.11 bits per heavy atom. The van der Waals surface area contributed by atoms with Crippen LogP contribution in [0.25, 0.3) is 0 Å². The zero-order valence-electron chi connectivity index (χ0n) is 11.7. The molecule has 0 heterocycles. The predicted octanol–water partition coefficient (Wildman–Crippen LogP) is 1.76. The van der Waals surface area contributed by atoms with Gasteiger partial charge in [0.1, 0.15) is 5.75 Å². The Balaban J connectivity index is 2.93. The fraction of sp³-hybridized carbons (Fsp3) is 0.500. The van der Waals surface area contributed by atoms with Crippen LogP contribution in [0.5, 0.6) is 5.75 Å². The molecule has 106 valence electrons. The molecule has 0 saturated heterocycles. The number of ether oxygens (including phenoxy) is 1. The highest BCUT2D eigenvalue weighted by Gasteiger charge is 2.11. The summed E-state index contributed by atoms with van der Waals surface area (Å²) in [5, 5.41) is 0. The second-order valence-corrected chi connectivity index (χ2v) is 4.40. The molecule has 0 bridgehead atoms. The van der Waals surface area contributed by atoms with Crippen molar-refractivity contribution in [3.8, 4) is 5.75 Å². The van der Waals surface area contributed by atoms with Crippen molar-refractivity contribution in [2.45, 2.75) is 26.7 Å². The summed E-state index contributed by atoms with van der Waals surface area (Å²) in [4.78, 5) is 13.1. The Hall–Kier alpha value is -1.91. The molecule has 0 aliphatic heterocycles. The summed E-state index contributed by atoms with van der Waals surface area (Å²) in [6.45, 7) is 5.56. The number of anilines is 2. The highest BCUT2D eigenvalue weighted by atomic mass is 16.5. The zero-order chi connectivity index (χ0) is 14.3. The molecule has 0 unspecified atom stereocenters. The van der Waals surface area contributed by atoms with Gasteiger partial charge >= 0.3 is 0 Å². The van der Waals surface area contributed by atoms with Gasteiger partial charge in [-0.25, -0.2) is 0 Å². The molecule has 0 aliphatic carbocycles. The molecule has 4 N–H and O–H groups in total. The van der Waals surface area contributed by atoms with Gasteiger partial charge in [0, 0.05) is 18.3 Å². The Labute approximate surface area is 114 Å². The van der Waals surface area contributed by atoms with E-state index < -0.39 is 0 Å². The van der Waals surface area contributed by atoms with Gasteiger partial charge < -0.3 is 21.1 Å². The van der Waals surface area contributed by atoms with Crippen molar-refractivity contribution in [1.29, 1.82) is 0 Å². The molecule has 1 aromatic rings. The maximum atomic E-state index is 11.1. The maximum Gasteiger partial charge on any atom is 0.236 e. The second kappa shape index (κ2) is 7.51. The first-order valence-corrected chi connectivity index (χ1v) is 6.64. The fourth-order valence-corrected chi connectivity index (χ4v) is 1.84. The third kappa shape index (κ3) is 4.69. The quantitative estimate of drug-likeness (QED) is 0.702. The lowest BCUT2D eigenvalue weighted by Crippen LogP contribution is -2.34. The number of nitrogens with zero attached hydrogens (tertiary/aromatic N) is 1. The maximum absolute atomic E-state index is 11.1. The predicted molar refractivity (Wildman–Crippen MR) is 78.3 cm³/mol. The first-order valence-electron chi connectivity index (χ1n) is 6.64. The van der Waals surface area contributed by atoms with Crippen molar-refractivity contribution in [3.63, 3.8) is 0 Å². The third-order valence-electron chi connectivity index (χ3n) is 2.79. The lowest BCUT2D eigenvalue weighted by atomic mass is 10.2. The number of unbranched alkanes of at least 4 members (excludes halogenated alkanes) is 1. The van der Waals surface area contributed by atoms with E-state index in [2.05, 4.69) is 6.92 Å². The van der Waals surface area contributed by atoms with Gasteiger partial charge in [-0.15, -0.1) is 0 Å². The van der Waals surface area contributed by atoms with E-state index in [9.17, 15) is 4.79 Å². The Morgan fingerprint density at radius 1 is 1.37 bits per heavy atom. The first-order chi connectivity index (χ1) is 9.08. The van der Waals surface area contributed by atoms with Crippen molar-refractivity contribution >= 4 is 17.3 Å². The summed E-state index contributed by atoms with van der Waals surface area (Å²) in [5.41, 5.74) is 12.6. The number of rotatable bonds is 8. The molecule has 0 spiro atoms. The smallest absolute Gasteiger partial charge is 0.236 e. The van der Waals surface area contributed by atoms with E-state index in [-0.39, 0.29) is 12.5 Å². The molecule has 1 amide bonds. The van der Waals surface area contributed by atoms with Gasteiger partial charge in [0.05, 0.1) is 18.8 Å². The van der Waals surface area contributed by atoms with E-state index in [1.54, 1.807) is 6.07 Å². The van der Waals surface area contributed by atoms with Crippen LogP contribution < -0.4 is 21.1 Å². The SMILES string of the molecule is CCCCN(CC(N)=O)c1ccc(N)c(OCC)c1. The lowest BCUT2D eigenvalue weighted by Gasteiger charge is -2.24. The molecule has 5 nitrogen and oxygen atoms in total. The molecule has 1 aromatic carbocycles. The topological polar surface area (TPSA) is 81.6 Å². The van der Waals surface area contributed by atoms with E-state index in [1.165, 1.54) is 0 Å². The van der Waals surface area contributed by atoms with Crippen LogP contribution >= 0.6 is 0 Å². The molecule has 0 aromatic heterocycles. The molecule has 0 aliphatic rings. The minimum Gasteiger partial charge on any atom is -0.492 e. The Bertz CT molecular complexity index is 421. The monoisotopic (exact) mass is 265 g/mol. The van der Waals surface area contributed by atoms with Gasteiger partial charge in [0.25, 0.3) is 0 Å². The van der Waals surface area contributed by atoms with E-state index in [1.807, 2.05) is 24.0 Å². The van der Waals surface area contributed by atoms with Crippen LogP contribution in [0.15, 0.2) is 18.2 Å². The number of hydrogen-bond acceptors (Lipinski definition) is 4. The standard InChI is InChI=1S/C14H23N3O2/c1-3-5-8-17(10-14(16)18)11-6-7-12(15)13(9-11)19-4-2/h6-7,9H,3-5,8,10,15H2,1-2H3,(H2,16,18). The zero-order valence-corrected chi connectivity index (χ0v) is 11.7. The average Bonchev–Trinajstić information content (AvgIpc) is 2.37. The summed E-state index contributed by atoms with van der Waals surface area (Å²) >= 11 is 0. The normalized spacial score (nSPS) is 10.2. The van der Waals surface area contributed by atoms with Crippen LogP contribution in [0.1, 0.15) is 26.7 Å². The van der Waals surface area contributed by atoms with Gasteiger partial charge in [-0.05, 0) is 25.5 Å². The number of nitrogens with two attached hydrogens (primary N) is 2. The number of primary amides is 1. The molecule has 0 atom stereocenters. The summed E-state index contributed by atoms with van der Waals surface area (Å²) < 4.78 is 5.47. The van der Waals surface area contributed by atoms with Crippen LogP contribution in [-0.4, -0.2) is 25.6 Å². The number of nitrogen functional groups attached to an aromatic ring is 1. The number of benzene rings is 1. The number of hydrogen-bond donors (Lipinski definition) is 2. The number of carbonyl (C=O) groups is 1. The van der Waals surface area contributed by atoms with Crippen LogP contribution in [-0.2, 0) is 4.79 Å². The van der Waals surface area contributed by atoms with Crippen LogP contribution in [0.2, 0.25) is 0 Å². The highest BCUT2D eigenvalue weighted by molar-refractivity contribution is 5.80. The van der Waals surface area contributed by atoms with Crippen molar-refractivity contribution in [2.75, 3.05) is 30.3 Å². The Kier molecular flexibility index (Phi) is 5.99. The van der Waals surface area contributed by atoms with Crippen LogP contribution in [0.4, 0.5) is 11.4 Å².